The van der Waals surface area contributed by atoms with Crippen LogP contribution in [0.5, 0.6) is 5.75 Å². The third-order valence-corrected chi connectivity index (χ3v) is 3.78. The zero-order valence-corrected chi connectivity index (χ0v) is 16.4. The lowest BCUT2D eigenvalue weighted by Gasteiger charge is -2.25. The molecule has 0 aliphatic heterocycles. The molecule has 2 N–H and O–H groups in total. The molecule has 0 spiro atoms. The molecule has 0 heterocycles. The third kappa shape index (κ3) is 7.09. The fourth-order valence-corrected chi connectivity index (χ4v) is 2.25. The minimum atomic E-state index is -1.84. The Morgan fingerprint density at radius 3 is 2.26 bits per heavy atom. The predicted octanol–water partition coefficient (Wildman–Crippen LogP) is 3.66. The Kier molecular flexibility index (Phi) is 7.47. The number of carbonyl (C=O) groups is 2. The van der Waals surface area contributed by atoms with Crippen molar-refractivity contribution in [2.24, 2.45) is 5.10 Å². The third-order valence-electron chi connectivity index (χ3n) is 3.18. The number of nitrogens with zero attached hydrogens (tertiary/aromatic N) is 1. The van der Waals surface area contributed by atoms with Gasteiger partial charge in [0.2, 0.25) is 15.9 Å². The quantitative estimate of drug-likeness (QED) is 0.319. The molecule has 0 bridgehead atoms. The first-order chi connectivity index (χ1) is 12.8. The number of alkyl halides is 3. The number of hydrogen-bond donors (Lipinski definition) is 2. The minimum absolute atomic E-state index is 0.312. The Balaban J connectivity index is 1.96. The fourth-order valence-electron chi connectivity index (χ4n) is 1.95. The van der Waals surface area contributed by atoms with E-state index >= 15 is 0 Å². The van der Waals surface area contributed by atoms with Gasteiger partial charge in [0.1, 0.15) is 5.75 Å². The van der Waals surface area contributed by atoms with Gasteiger partial charge in [0.15, 0.2) is 0 Å². The number of carbonyl (C=O) groups excluding carboxylic acids is 2. The standard InChI is InChI=1S/C18H16Cl3N3O3/c1-12(25)23-17(18(19,20)21)27-15-9-7-13(8-10-15)11-22-24-16(26)14-5-3-2-4-6-14/h2-11,17H,1H3,(H,23,25)(H,24,26)/b22-11+. The molecule has 9 heteroatoms. The van der Waals surface area contributed by atoms with E-state index in [1.165, 1.54) is 13.1 Å². The van der Waals surface area contributed by atoms with Gasteiger partial charge in [-0.25, -0.2) is 5.43 Å². The van der Waals surface area contributed by atoms with Gasteiger partial charge in [-0.2, -0.15) is 5.10 Å². The van der Waals surface area contributed by atoms with Crippen molar-refractivity contribution >= 4 is 52.8 Å². The van der Waals surface area contributed by atoms with Crippen molar-refractivity contribution in [3.8, 4) is 5.75 Å². The summed E-state index contributed by atoms with van der Waals surface area (Å²) in [6, 6.07) is 15.3. The molecule has 27 heavy (non-hydrogen) atoms. The summed E-state index contributed by atoms with van der Waals surface area (Å²) >= 11 is 17.4. The van der Waals surface area contributed by atoms with Gasteiger partial charge in [0.05, 0.1) is 6.21 Å². The fraction of sp³-hybridized carbons (Fsp3) is 0.167. The van der Waals surface area contributed by atoms with Gasteiger partial charge < -0.3 is 10.1 Å². The monoisotopic (exact) mass is 427 g/mol. The van der Waals surface area contributed by atoms with Crippen molar-refractivity contribution in [2.45, 2.75) is 16.9 Å². The van der Waals surface area contributed by atoms with Crippen molar-refractivity contribution in [1.29, 1.82) is 0 Å². The SMILES string of the molecule is CC(=O)NC(Oc1ccc(/C=N/NC(=O)c2ccccc2)cc1)C(Cl)(Cl)Cl. The lowest BCUT2D eigenvalue weighted by molar-refractivity contribution is -0.121. The number of hydrazone groups is 1. The number of rotatable bonds is 6. The van der Waals surface area contributed by atoms with E-state index in [1.807, 2.05) is 6.07 Å². The van der Waals surface area contributed by atoms with E-state index in [2.05, 4.69) is 15.8 Å². The van der Waals surface area contributed by atoms with Crippen LogP contribution in [0.15, 0.2) is 59.7 Å². The van der Waals surface area contributed by atoms with Crippen molar-refractivity contribution in [2.75, 3.05) is 0 Å². The van der Waals surface area contributed by atoms with Crippen LogP contribution in [0.25, 0.3) is 0 Å². The first-order valence-corrected chi connectivity index (χ1v) is 8.88. The summed E-state index contributed by atoms with van der Waals surface area (Å²) in [5.74, 6) is -0.331. The van der Waals surface area contributed by atoms with E-state index in [9.17, 15) is 9.59 Å². The maximum absolute atomic E-state index is 11.9. The average molecular weight is 429 g/mol. The van der Waals surface area contributed by atoms with Gasteiger partial charge in [-0.05, 0) is 42.0 Å². The number of benzene rings is 2. The van der Waals surface area contributed by atoms with Gasteiger partial charge in [0, 0.05) is 12.5 Å². The highest BCUT2D eigenvalue weighted by atomic mass is 35.6. The van der Waals surface area contributed by atoms with Gasteiger partial charge >= 0.3 is 0 Å². The topological polar surface area (TPSA) is 79.8 Å². The molecule has 0 aromatic heterocycles. The number of hydrogen-bond acceptors (Lipinski definition) is 4. The lowest BCUT2D eigenvalue weighted by Crippen LogP contribution is -2.47. The van der Waals surface area contributed by atoms with Crippen LogP contribution in [0.1, 0.15) is 22.8 Å². The molecule has 142 valence electrons. The van der Waals surface area contributed by atoms with Gasteiger partial charge in [-0.15, -0.1) is 0 Å². The predicted molar refractivity (Wildman–Crippen MR) is 106 cm³/mol. The number of amides is 2. The molecule has 2 amide bonds. The molecule has 6 nitrogen and oxygen atoms in total. The summed E-state index contributed by atoms with van der Waals surface area (Å²) < 4.78 is 3.66. The molecular formula is C18H16Cl3N3O3. The van der Waals surface area contributed by atoms with Crippen LogP contribution in [0.2, 0.25) is 0 Å². The van der Waals surface area contributed by atoms with Gasteiger partial charge in [-0.3, -0.25) is 9.59 Å². The number of nitrogens with one attached hydrogen (secondary N) is 2. The zero-order chi connectivity index (χ0) is 19.9. The molecule has 0 saturated heterocycles. The second-order valence-corrected chi connectivity index (χ2v) is 7.74. The lowest BCUT2D eigenvalue weighted by atomic mass is 10.2. The van der Waals surface area contributed by atoms with Crippen LogP contribution in [0.4, 0.5) is 0 Å². The zero-order valence-electron chi connectivity index (χ0n) is 14.2. The van der Waals surface area contributed by atoms with E-state index < -0.39 is 15.9 Å². The van der Waals surface area contributed by atoms with E-state index in [4.69, 9.17) is 39.5 Å². The van der Waals surface area contributed by atoms with Crippen molar-refractivity contribution in [3.63, 3.8) is 0 Å². The molecule has 1 atom stereocenters. The minimum Gasteiger partial charge on any atom is -0.466 e. The second-order valence-electron chi connectivity index (χ2n) is 5.37. The first kappa shape index (κ1) is 21.0. The number of ether oxygens (including phenoxy) is 1. The summed E-state index contributed by atoms with van der Waals surface area (Å²) in [6.07, 6.45) is 0.329. The van der Waals surface area contributed by atoms with E-state index in [-0.39, 0.29) is 5.91 Å². The maximum Gasteiger partial charge on any atom is 0.271 e. The van der Waals surface area contributed by atoms with Gasteiger partial charge in [-0.1, -0.05) is 53.0 Å². The van der Waals surface area contributed by atoms with Crippen molar-refractivity contribution < 1.29 is 14.3 Å². The molecular weight excluding hydrogens is 413 g/mol. The molecule has 0 aliphatic carbocycles. The van der Waals surface area contributed by atoms with Crippen LogP contribution < -0.4 is 15.5 Å². The Morgan fingerprint density at radius 2 is 1.70 bits per heavy atom. The Labute approximate surface area is 171 Å². The van der Waals surface area contributed by atoms with E-state index in [0.717, 1.165) is 0 Å². The van der Waals surface area contributed by atoms with Crippen LogP contribution in [-0.2, 0) is 4.79 Å². The second kappa shape index (κ2) is 9.60. The van der Waals surface area contributed by atoms with Crippen molar-refractivity contribution in [1.82, 2.24) is 10.7 Å². The highest BCUT2D eigenvalue weighted by Crippen LogP contribution is 2.31. The van der Waals surface area contributed by atoms with Crippen LogP contribution in [-0.4, -0.2) is 28.0 Å². The van der Waals surface area contributed by atoms with Crippen LogP contribution >= 0.6 is 34.8 Å². The molecule has 0 aliphatic rings. The molecule has 2 aromatic carbocycles. The Hall–Kier alpha value is -2.28. The molecule has 0 fully saturated rings. The summed E-state index contributed by atoms with van der Waals surface area (Å²) in [5, 5.41) is 6.32. The summed E-state index contributed by atoms with van der Waals surface area (Å²) in [4.78, 5) is 23.1. The number of halogens is 3. The average Bonchev–Trinajstić information content (AvgIpc) is 2.62. The highest BCUT2D eigenvalue weighted by molar-refractivity contribution is 6.68. The first-order valence-electron chi connectivity index (χ1n) is 7.74. The summed E-state index contributed by atoms with van der Waals surface area (Å²) in [7, 11) is 0. The van der Waals surface area contributed by atoms with Crippen molar-refractivity contribution in [3.05, 3.63) is 65.7 Å². The Morgan fingerprint density at radius 1 is 1.07 bits per heavy atom. The molecule has 0 saturated carbocycles. The van der Waals surface area contributed by atoms with E-state index in [1.54, 1.807) is 48.5 Å². The maximum atomic E-state index is 11.9. The van der Waals surface area contributed by atoms with Crippen LogP contribution in [0.3, 0.4) is 0 Å². The summed E-state index contributed by atoms with van der Waals surface area (Å²) in [5.41, 5.74) is 3.65. The summed E-state index contributed by atoms with van der Waals surface area (Å²) in [6.45, 7) is 1.29. The normalized spacial score (nSPS) is 12.4. The molecule has 2 aromatic rings. The molecule has 2 rings (SSSR count). The van der Waals surface area contributed by atoms with Gasteiger partial charge in [0.25, 0.3) is 5.91 Å². The molecule has 1 unspecified atom stereocenters. The largest absolute Gasteiger partial charge is 0.466 e. The molecule has 0 radical (unpaired) electrons. The smallest absolute Gasteiger partial charge is 0.271 e. The van der Waals surface area contributed by atoms with Crippen LogP contribution in [0, 0.1) is 0 Å². The Bertz CT molecular complexity index is 806. The highest BCUT2D eigenvalue weighted by Gasteiger charge is 2.35. The van der Waals surface area contributed by atoms with E-state index in [0.29, 0.717) is 16.9 Å².